The van der Waals surface area contributed by atoms with Crippen molar-refractivity contribution in [3.8, 4) is 11.5 Å². The van der Waals surface area contributed by atoms with Crippen LogP contribution in [0.5, 0.6) is 11.5 Å². The Hall–Kier alpha value is -5.02. The summed E-state index contributed by atoms with van der Waals surface area (Å²) in [6, 6.07) is 5.74. The van der Waals surface area contributed by atoms with Crippen LogP contribution in [0, 0.1) is 0 Å². The summed E-state index contributed by atoms with van der Waals surface area (Å²) in [5.74, 6) is -0.0890. The molecule has 2 unspecified atom stereocenters. The second-order valence-corrected chi connectivity index (χ2v) is 12.3. The van der Waals surface area contributed by atoms with E-state index in [1.54, 1.807) is 37.4 Å². The summed E-state index contributed by atoms with van der Waals surface area (Å²) in [5.41, 5.74) is 0.636. The lowest BCUT2D eigenvalue weighted by molar-refractivity contribution is -0.115. The number of aromatic nitrogens is 5. The van der Waals surface area contributed by atoms with E-state index in [0.29, 0.717) is 33.9 Å². The van der Waals surface area contributed by atoms with Gasteiger partial charge in [0.2, 0.25) is 0 Å². The summed E-state index contributed by atoms with van der Waals surface area (Å²) < 4.78 is 21.8. The van der Waals surface area contributed by atoms with E-state index in [-0.39, 0.29) is 71.0 Å². The number of benzene rings is 1. The van der Waals surface area contributed by atoms with Gasteiger partial charge in [0.15, 0.2) is 23.1 Å². The average Bonchev–Trinajstić information content (AvgIpc) is 3.65. The van der Waals surface area contributed by atoms with Crippen LogP contribution in [0.2, 0.25) is 0 Å². The van der Waals surface area contributed by atoms with E-state index in [4.69, 9.17) is 13.9 Å². The van der Waals surface area contributed by atoms with Crippen LogP contribution in [-0.2, 0) is 42.8 Å². The van der Waals surface area contributed by atoms with Crippen LogP contribution in [0.1, 0.15) is 35.6 Å². The Labute approximate surface area is 273 Å². The number of ketones is 2. The van der Waals surface area contributed by atoms with E-state index in [2.05, 4.69) is 20.9 Å². The number of halogens is 1. The van der Waals surface area contributed by atoms with Crippen LogP contribution in [0.25, 0.3) is 11.0 Å². The summed E-state index contributed by atoms with van der Waals surface area (Å²) in [6.07, 6.45) is 2.99. The molecule has 3 aliphatic rings. The number of allylic oxidation sites excluding steroid dienone is 6. The number of rotatable bonds is 7. The minimum Gasteiger partial charge on any atom is -0.493 e. The SMILES string of the molecule is COc1cc2nc(CCn3c(=O)n4n(c3=O)C3CC5=C(C(=O)C=C(Br)C5=O)C(c5ccc(CO)o5)C3=CC4)c(=O)n(C)c2cc1OC. The van der Waals surface area contributed by atoms with Gasteiger partial charge in [-0.1, -0.05) is 6.08 Å². The Bertz CT molecular complexity index is 2310. The topological polar surface area (TPSA) is 170 Å². The Morgan fingerprint density at radius 2 is 1.81 bits per heavy atom. The predicted molar refractivity (Wildman–Crippen MR) is 170 cm³/mol. The first-order valence-corrected chi connectivity index (χ1v) is 15.5. The smallest absolute Gasteiger partial charge is 0.347 e. The van der Waals surface area contributed by atoms with Crippen LogP contribution >= 0.6 is 15.9 Å². The molecule has 0 radical (unpaired) electrons. The summed E-state index contributed by atoms with van der Waals surface area (Å²) in [5, 5.41) is 9.63. The molecule has 3 aromatic heterocycles. The molecule has 2 aliphatic carbocycles. The Morgan fingerprint density at radius 1 is 1.06 bits per heavy atom. The molecule has 0 saturated heterocycles. The van der Waals surface area contributed by atoms with Crippen LogP contribution < -0.4 is 26.4 Å². The highest BCUT2D eigenvalue weighted by Crippen LogP contribution is 2.50. The van der Waals surface area contributed by atoms with E-state index in [1.807, 2.05) is 0 Å². The Kier molecular flexibility index (Phi) is 7.39. The van der Waals surface area contributed by atoms with E-state index >= 15 is 0 Å². The maximum Gasteiger partial charge on any atom is 0.347 e. The van der Waals surface area contributed by atoms with E-state index in [0.717, 1.165) is 4.57 Å². The van der Waals surface area contributed by atoms with Crippen LogP contribution in [0.4, 0.5) is 0 Å². The summed E-state index contributed by atoms with van der Waals surface area (Å²) >= 11 is 3.19. The number of hydrogen-bond acceptors (Lipinski definition) is 10. The predicted octanol–water partition coefficient (Wildman–Crippen LogP) is 1.80. The number of carbonyl (C=O) groups is 2. The van der Waals surface area contributed by atoms with Gasteiger partial charge in [0.1, 0.15) is 23.8 Å². The molecule has 1 aromatic carbocycles. The Morgan fingerprint density at radius 3 is 2.51 bits per heavy atom. The normalized spacial score (nSPS) is 18.9. The third-order valence-electron chi connectivity index (χ3n) is 9.02. The monoisotopic (exact) mass is 705 g/mol. The van der Waals surface area contributed by atoms with Crippen molar-refractivity contribution in [3.05, 3.63) is 106 Å². The zero-order valence-corrected chi connectivity index (χ0v) is 27.1. The van der Waals surface area contributed by atoms with Gasteiger partial charge in [-0.2, -0.15) is 0 Å². The number of furan rings is 1. The van der Waals surface area contributed by atoms with Crippen molar-refractivity contribution in [2.45, 2.75) is 44.5 Å². The first kappa shape index (κ1) is 30.6. The summed E-state index contributed by atoms with van der Waals surface area (Å²) in [4.78, 5) is 72.1. The van der Waals surface area contributed by atoms with E-state index in [1.165, 1.54) is 34.2 Å². The highest BCUT2D eigenvalue weighted by Gasteiger charge is 2.46. The van der Waals surface area contributed by atoms with Crippen molar-refractivity contribution >= 4 is 38.5 Å². The molecule has 7 rings (SSSR count). The van der Waals surface area contributed by atoms with Gasteiger partial charge in [-0.25, -0.2) is 28.5 Å². The molecule has 0 fully saturated rings. The van der Waals surface area contributed by atoms with E-state index in [9.17, 15) is 29.1 Å². The lowest BCUT2D eigenvalue weighted by atomic mass is 9.70. The van der Waals surface area contributed by atoms with E-state index < -0.39 is 29.1 Å². The van der Waals surface area contributed by atoms with Gasteiger partial charge in [-0.05, 0) is 33.6 Å². The highest BCUT2D eigenvalue weighted by molar-refractivity contribution is 9.12. The van der Waals surface area contributed by atoms with Gasteiger partial charge in [0.25, 0.3) is 5.56 Å². The molecule has 1 N–H and O–H groups in total. The number of aliphatic hydroxyl groups excluding tert-OH is 1. The van der Waals surface area contributed by atoms with Gasteiger partial charge in [-0.3, -0.25) is 14.4 Å². The number of carbonyl (C=O) groups excluding carboxylic acids is 2. The molecule has 242 valence electrons. The maximum absolute atomic E-state index is 14.0. The minimum absolute atomic E-state index is 0.000173. The number of fused-ring (bicyclic) bond motifs is 4. The minimum atomic E-state index is -0.808. The number of methoxy groups -OCH3 is 2. The quantitative estimate of drug-likeness (QED) is 0.221. The van der Waals surface area contributed by atoms with Gasteiger partial charge < -0.3 is 23.6 Å². The largest absolute Gasteiger partial charge is 0.493 e. The molecule has 15 heteroatoms. The van der Waals surface area contributed by atoms with Crippen molar-refractivity contribution in [3.63, 3.8) is 0 Å². The zero-order valence-electron chi connectivity index (χ0n) is 25.5. The van der Waals surface area contributed by atoms with Gasteiger partial charge >= 0.3 is 11.4 Å². The van der Waals surface area contributed by atoms with Crippen LogP contribution in [0.3, 0.4) is 0 Å². The van der Waals surface area contributed by atoms with Crippen molar-refractivity contribution in [2.75, 3.05) is 14.2 Å². The molecule has 0 bridgehead atoms. The number of hydrogen-bond donors (Lipinski definition) is 1. The second kappa shape index (κ2) is 11.3. The van der Waals surface area contributed by atoms with Crippen molar-refractivity contribution in [2.24, 2.45) is 7.05 Å². The molecule has 47 heavy (non-hydrogen) atoms. The molecule has 4 aromatic rings. The highest BCUT2D eigenvalue weighted by atomic mass is 79.9. The average molecular weight is 707 g/mol. The molecular formula is C32H28BrN5O9. The number of aryl methyl sites for hydroxylation is 2. The van der Waals surface area contributed by atoms with Gasteiger partial charge in [0, 0.05) is 55.8 Å². The van der Waals surface area contributed by atoms with Crippen molar-refractivity contribution in [1.82, 2.24) is 23.5 Å². The molecule has 14 nitrogen and oxygen atoms in total. The standard InChI is InChI=1S/C32H28BrN5O9/c1-35-22-13-26(46-3)25(45-2)12-20(22)34-19(30(35)42)7-8-36-31(43)37-9-6-16-21(38(37)32(36)44)10-17-27(23(40)11-18(33)29(17)41)28(16)24-5-4-15(14-39)47-24/h4-6,11-13,21,28,39H,7-10,14H2,1-3H3. The maximum atomic E-state index is 14.0. The van der Waals surface area contributed by atoms with Crippen LogP contribution in [0.15, 0.2) is 76.4 Å². The van der Waals surface area contributed by atoms with Gasteiger partial charge in [0.05, 0.1) is 48.2 Å². The lowest BCUT2D eigenvalue weighted by Crippen LogP contribution is -2.40. The molecule has 4 heterocycles. The number of ether oxygens (including phenoxy) is 2. The first-order valence-electron chi connectivity index (χ1n) is 14.7. The fourth-order valence-corrected chi connectivity index (χ4v) is 7.22. The number of Topliss-reactive ketones (excluding diaryl/α,β-unsaturated/α-hetero) is 1. The van der Waals surface area contributed by atoms with Crippen molar-refractivity contribution < 1.29 is 28.6 Å². The first-order chi connectivity index (χ1) is 22.6. The molecule has 0 saturated carbocycles. The number of nitrogens with zero attached hydrogens (tertiary/aromatic N) is 5. The molecule has 0 spiro atoms. The third-order valence-corrected chi connectivity index (χ3v) is 9.61. The summed E-state index contributed by atoms with van der Waals surface area (Å²) in [7, 11) is 4.58. The summed E-state index contributed by atoms with van der Waals surface area (Å²) in [6.45, 7) is -0.466. The molecule has 2 atom stereocenters. The molecular weight excluding hydrogens is 678 g/mol. The van der Waals surface area contributed by atoms with Crippen molar-refractivity contribution in [1.29, 1.82) is 0 Å². The zero-order chi connectivity index (χ0) is 33.3. The number of aliphatic hydroxyl groups is 1. The molecule has 0 amide bonds. The lowest BCUT2D eigenvalue weighted by Gasteiger charge is -2.38. The fourth-order valence-electron chi connectivity index (χ4n) is 6.77. The molecule has 1 aliphatic heterocycles. The van der Waals surface area contributed by atoms with Gasteiger partial charge in [-0.15, -0.1) is 0 Å². The van der Waals surface area contributed by atoms with Crippen LogP contribution in [-0.4, -0.2) is 54.4 Å². The Balaban J connectivity index is 1.28. The second-order valence-electron chi connectivity index (χ2n) is 11.4. The third kappa shape index (κ3) is 4.63. The fraction of sp³-hybridized carbons (Fsp3) is 0.312.